The first-order valence-corrected chi connectivity index (χ1v) is 11.6. The van der Waals surface area contributed by atoms with E-state index in [9.17, 15) is 4.39 Å². The smallest absolute Gasteiger partial charge is 0.239 e. The van der Waals surface area contributed by atoms with Crippen LogP contribution in [0.15, 0.2) is 33.9 Å². The minimum absolute atomic E-state index is 0.102. The second kappa shape index (κ2) is 9.08. The van der Waals surface area contributed by atoms with Crippen LogP contribution >= 0.6 is 11.8 Å². The Labute approximate surface area is 186 Å². The molecule has 31 heavy (non-hydrogen) atoms. The van der Waals surface area contributed by atoms with Gasteiger partial charge in [0, 0.05) is 11.1 Å². The number of likely N-dealkylation sites (tertiary alicyclic amines) is 1. The molecule has 0 N–H and O–H groups in total. The number of aromatic nitrogens is 5. The lowest BCUT2D eigenvalue weighted by atomic mass is 9.96. The number of hydrogen-bond donors (Lipinski definition) is 0. The third kappa shape index (κ3) is 5.15. The van der Waals surface area contributed by atoms with Crippen LogP contribution in [0.1, 0.15) is 69.7 Å². The van der Waals surface area contributed by atoms with E-state index in [1.807, 2.05) is 11.5 Å². The molecule has 1 unspecified atom stereocenters. The van der Waals surface area contributed by atoms with Crippen molar-refractivity contribution in [2.45, 2.75) is 69.3 Å². The summed E-state index contributed by atoms with van der Waals surface area (Å²) in [6.07, 6.45) is 3.69. The van der Waals surface area contributed by atoms with E-state index in [0.717, 1.165) is 29.8 Å². The third-order valence-electron chi connectivity index (χ3n) is 5.34. The van der Waals surface area contributed by atoms with Crippen molar-refractivity contribution in [3.05, 3.63) is 47.6 Å². The normalized spacial score (nSPS) is 16.5. The zero-order valence-electron chi connectivity index (χ0n) is 18.5. The largest absolute Gasteiger partial charge is 0.338 e. The van der Waals surface area contributed by atoms with Crippen molar-refractivity contribution in [3.8, 4) is 5.69 Å². The van der Waals surface area contributed by atoms with Gasteiger partial charge in [-0.15, -0.1) is 10.2 Å². The van der Waals surface area contributed by atoms with Gasteiger partial charge in [-0.25, -0.2) is 4.39 Å². The van der Waals surface area contributed by atoms with E-state index < -0.39 is 0 Å². The van der Waals surface area contributed by atoms with Crippen molar-refractivity contribution in [3.63, 3.8) is 0 Å². The average molecular weight is 445 g/mol. The fourth-order valence-electron chi connectivity index (χ4n) is 3.56. The molecule has 166 valence electrons. The molecule has 1 aliphatic rings. The standard InChI is InChI=1S/C22H29FN6OS/c1-15(19-24-20(27-30-19)22(2,3)4)31-21-26-25-18(14-28-12-6-5-7-13-28)29(21)17-10-8-16(23)9-11-17/h8-11,15H,5-7,12-14H2,1-4H3. The Hall–Kier alpha value is -2.26. The summed E-state index contributed by atoms with van der Waals surface area (Å²) in [5.74, 6) is 1.82. The maximum Gasteiger partial charge on any atom is 0.239 e. The van der Waals surface area contributed by atoms with Crippen LogP contribution in [0.4, 0.5) is 4.39 Å². The van der Waals surface area contributed by atoms with Gasteiger partial charge in [0.05, 0.1) is 11.8 Å². The van der Waals surface area contributed by atoms with Crippen molar-refractivity contribution < 1.29 is 8.91 Å². The highest BCUT2D eigenvalue weighted by Crippen LogP contribution is 2.35. The van der Waals surface area contributed by atoms with Gasteiger partial charge in [-0.1, -0.05) is 44.1 Å². The van der Waals surface area contributed by atoms with Gasteiger partial charge in [-0.2, -0.15) is 4.98 Å². The molecule has 1 atom stereocenters. The number of benzene rings is 1. The predicted molar refractivity (Wildman–Crippen MR) is 118 cm³/mol. The number of rotatable bonds is 6. The first kappa shape index (κ1) is 22.0. The van der Waals surface area contributed by atoms with Crippen molar-refractivity contribution in [1.82, 2.24) is 29.8 Å². The van der Waals surface area contributed by atoms with Crippen LogP contribution in [-0.2, 0) is 12.0 Å². The molecule has 0 bridgehead atoms. The quantitative estimate of drug-likeness (QED) is 0.499. The summed E-state index contributed by atoms with van der Waals surface area (Å²) in [5.41, 5.74) is 0.663. The number of hydrogen-bond acceptors (Lipinski definition) is 7. The van der Waals surface area contributed by atoms with Crippen LogP contribution in [0.2, 0.25) is 0 Å². The molecule has 0 spiro atoms. The zero-order chi connectivity index (χ0) is 22.0. The molecule has 3 aromatic rings. The van der Waals surface area contributed by atoms with Gasteiger partial charge in [0.15, 0.2) is 16.8 Å². The second-order valence-corrected chi connectivity index (χ2v) is 10.3. The molecule has 1 saturated heterocycles. The molecule has 1 fully saturated rings. The summed E-state index contributed by atoms with van der Waals surface area (Å²) in [4.78, 5) is 6.98. The van der Waals surface area contributed by atoms with Crippen LogP contribution in [0.5, 0.6) is 0 Å². The van der Waals surface area contributed by atoms with Gasteiger partial charge in [0.25, 0.3) is 0 Å². The first-order chi connectivity index (χ1) is 14.8. The molecule has 0 radical (unpaired) electrons. The molecule has 3 heterocycles. The molecular weight excluding hydrogens is 415 g/mol. The molecule has 0 amide bonds. The highest BCUT2D eigenvalue weighted by molar-refractivity contribution is 7.99. The Bertz CT molecular complexity index is 1000. The van der Waals surface area contributed by atoms with E-state index >= 15 is 0 Å². The summed E-state index contributed by atoms with van der Waals surface area (Å²) < 4.78 is 21.1. The van der Waals surface area contributed by atoms with Crippen LogP contribution in [0.3, 0.4) is 0 Å². The zero-order valence-corrected chi connectivity index (χ0v) is 19.3. The minimum atomic E-state index is -0.266. The van der Waals surface area contributed by atoms with Gasteiger partial charge in [0.1, 0.15) is 5.82 Å². The molecule has 9 heteroatoms. The summed E-state index contributed by atoms with van der Waals surface area (Å²) >= 11 is 1.51. The lowest BCUT2D eigenvalue weighted by Crippen LogP contribution is -2.30. The van der Waals surface area contributed by atoms with E-state index in [1.54, 1.807) is 12.1 Å². The van der Waals surface area contributed by atoms with Crippen LogP contribution in [0, 0.1) is 5.82 Å². The summed E-state index contributed by atoms with van der Waals surface area (Å²) in [5, 5.41) is 13.7. The van der Waals surface area contributed by atoms with E-state index in [4.69, 9.17) is 4.52 Å². The topological polar surface area (TPSA) is 72.9 Å². The summed E-state index contributed by atoms with van der Waals surface area (Å²) in [6, 6.07) is 6.45. The lowest BCUT2D eigenvalue weighted by Gasteiger charge is -2.26. The fourth-order valence-corrected chi connectivity index (χ4v) is 4.48. The van der Waals surface area contributed by atoms with Gasteiger partial charge in [-0.3, -0.25) is 9.47 Å². The molecule has 1 aliphatic heterocycles. The molecule has 0 saturated carbocycles. The van der Waals surface area contributed by atoms with Crippen LogP contribution < -0.4 is 0 Å². The number of halogens is 1. The third-order valence-corrected chi connectivity index (χ3v) is 6.37. The van der Waals surface area contributed by atoms with Crippen molar-refractivity contribution in [2.75, 3.05) is 13.1 Å². The number of thioether (sulfide) groups is 1. The molecule has 4 rings (SSSR count). The first-order valence-electron chi connectivity index (χ1n) is 10.7. The number of nitrogens with zero attached hydrogens (tertiary/aromatic N) is 6. The fraction of sp³-hybridized carbons (Fsp3) is 0.545. The van der Waals surface area contributed by atoms with E-state index in [-0.39, 0.29) is 16.5 Å². The minimum Gasteiger partial charge on any atom is -0.338 e. The molecule has 0 aliphatic carbocycles. The highest BCUT2D eigenvalue weighted by atomic mass is 32.2. The Morgan fingerprint density at radius 3 is 2.45 bits per heavy atom. The van der Waals surface area contributed by atoms with Crippen LogP contribution in [-0.4, -0.2) is 42.9 Å². The van der Waals surface area contributed by atoms with Gasteiger partial charge in [-0.05, 0) is 57.1 Å². The average Bonchev–Trinajstić information content (AvgIpc) is 3.38. The Balaban J connectivity index is 1.61. The monoisotopic (exact) mass is 444 g/mol. The van der Waals surface area contributed by atoms with Crippen molar-refractivity contribution in [2.24, 2.45) is 0 Å². The SMILES string of the molecule is CC(Sc1nnc(CN2CCCCC2)n1-c1ccc(F)cc1)c1nc(C(C)(C)C)no1. The summed E-state index contributed by atoms with van der Waals surface area (Å²) in [7, 11) is 0. The van der Waals surface area contributed by atoms with Gasteiger partial charge in [0.2, 0.25) is 5.89 Å². The Morgan fingerprint density at radius 2 is 1.81 bits per heavy atom. The van der Waals surface area contributed by atoms with Crippen LogP contribution in [0.25, 0.3) is 5.69 Å². The lowest BCUT2D eigenvalue weighted by molar-refractivity contribution is 0.214. The second-order valence-electron chi connectivity index (χ2n) is 9.01. The Kier molecular flexibility index (Phi) is 6.43. The van der Waals surface area contributed by atoms with E-state index in [0.29, 0.717) is 18.3 Å². The molecule has 2 aromatic heterocycles. The maximum atomic E-state index is 13.6. The van der Waals surface area contributed by atoms with E-state index in [2.05, 4.69) is 46.0 Å². The number of piperidine rings is 1. The maximum absolute atomic E-state index is 13.6. The Morgan fingerprint density at radius 1 is 1.10 bits per heavy atom. The predicted octanol–water partition coefficient (Wildman–Crippen LogP) is 4.93. The van der Waals surface area contributed by atoms with Crippen molar-refractivity contribution in [1.29, 1.82) is 0 Å². The van der Waals surface area contributed by atoms with E-state index in [1.165, 1.54) is 43.2 Å². The molecule has 7 nitrogen and oxygen atoms in total. The highest BCUT2D eigenvalue weighted by Gasteiger charge is 2.26. The van der Waals surface area contributed by atoms with Gasteiger partial charge < -0.3 is 4.52 Å². The molecule has 1 aromatic carbocycles. The molecular formula is C22H29FN6OS. The van der Waals surface area contributed by atoms with Gasteiger partial charge >= 0.3 is 0 Å². The summed E-state index contributed by atoms with van der Waals surface area (Å²) in [6.45, 7) is 11.0. The van der Waals surface area contributed by atoms with Crippen molar-refractivity contribution >= 4 is 11.8 Å².